The topological polar surface area (TPSA) is 103 Å². The molecule has 0 aliphatic carbocycles. The van der Waals surface area contributed by atoms with E-state index in [0.717, 1.165) is 6.42 Å². The maximum atomic E-state index is 13.4. The maximum absolute atomic E-state index is 13.4. The van der Waals surface area contributed by atoms with E-state index in [1.54, 1.807) is 43.9 Å². The van der Waals surface area contributed by atoms with Crippen LogP contribution in [-0.4, -0.2) is 65.1 Å². The number of fused-ring (bicyclic) bond motifs is 1. The van der Waals surface area contributed by atoms with Crippen molar-refractivity contribution >= 4 is 23.1 Å². The Morgan fingerprint density at radius 3 is 2.61 bits per heavy atom. The second kappa shape index (κ2) is 11.7. The van der Waals surface area contributed by atoms with Gasteiger partial charge in [0.05, 0.1) is 31.0 Å². The van der Waals surface area contributed by atoms with Crippen molar-refractivity contribution in [1.29, 1.82) is 0 Å². The van der Waals surface area contributed by atoms with E-state index in [0.29, 0.717) is 59.6 Å². The van der Waals surface area contributed by atoms with Crippen LogP contribution in [0.2, 0.25) is 0 Å². The zero-order valence-electron chi connectivity index (χ0n) is 22.6. The van der Waals surface area contributed by atoms with Crippen LogP contribution in [0.15, 0.2) is 48.2 Å². The summed E-state index contributed by atoms with van der Waals surface area (Å²) in [6, 6.07) is 10.0. The smallest absolute Gasteiger partial charge is 0.295 e. The van der Waals surface area contributed by atoms with Gasteiger partial charge in [0.1, 0.15) is 11.3 Å². The van der Waals surface area contributed by atoms with Gasteiger partial charge in [0, 0.05) is 26.5 Å². The van der Waals surface area contributed by atoms with Crippen molar-refractivity contribution in [3.05, 3.63) is 65.1 Å². The number of benzene rings is 1. The number of Topliss-reactive ketones (excluding diaryl/α,β-unsaturated/α-hetero) is 1. The van der Waals surface area contributed by atoms with Gasteiger partial charge in [-0.2, -0.15) is 0 Å². The number of imidazole rings is 1. The Bertz CT molecular complexity index is 1360. The molecule has 3 aromatic rings. The first-order chi connectivity index (χ1) is 18.3. The molecule has 1 aromatic carbocycles. The van der Waals surface area contributed by atoms with Crippen molar-refractivity contribution in [3.63, 3.8) is 0 Å². The summed E-state index contributed by atoms with van der Waals surface area (Å²) in [4.78, 5) is 32.7. The average Bonchev–Trinajstić information content (AvgIpc) is 3.36. The molecule has 1 aliphatic rings. The standard InChI is InChI=1S/C29H35N3O6/c1-18(2)12-16-38-21-11-10-20(17-22(21)37-5)26-24(28(34)29(35)32(26)14-8-15-36-4)27(33)25-19(3)30-23-9-6-7-13-31(23)25/h6-7,9-11,13,17-18,26,33H,8,12,14-16H2,1-5H3. The first-order valence-electron chi connectivity index (χ1n) is 12.8. The van der Waals surface area contributed by atoms with Crippen molar-refractivity contribution in [2.45, 2.75) is 39.7 Å². The van der Waals surface area contributed by atoms with Crippen molar-refractivity contribution in [3.8, 4) is 11.5 Å². The van der Waals surface area contributed by atoms with Crippen molar-refractivity contribution in [2.75, 3.05) is 34.0 Å². The summed E-state index contributed by atoms with van der Waals surface area (Å²) in [5.41, 5.74) is 2.19. The molecule has 202 valence electrons. The first kappa shape index (κ1) is 27.2. The molecule has 1 aliphatic heterocycles. The van der Waals surface area contributed by atoms with Crippen molar-refractivity contribution in [2.24, 2.45) is 5.92 Å². The number of aryl methyl sites for hydroxylation is 1. The molecule has 0 spiro atoms. The molecule has 3 heterocycles. The van der Waals surface area contributed by atoms with Crippen molar-refractivity contribution in [1.82, 2.24) is 14.3 Å². The highest BCUT2D eigenvalue weighted by Crippen LogP contribution is 2.42. The Balaban J connectivity index is 1.83. The van der Waals surface area contributed by atoms with Crippen LogP contribution in [0.5, 0.6) is 11.5 Å². The lowest BCUT2D eigenvalue weighted by Crippen LogP contribution is -2.31. The van der Waals surface area contributed by atoms with Gasteiger partial charge >= 0.3 is 0 Å². The van der Waals surface area contributed by atoms with E-state index < -0.39 is 17.7 Å². The number of likely N-dealkylation sites (tertiary alicyclic amines) is 1. The number of hydrogen-bond acceptors (Lipinski definition) is 7. The monoisotopic (exact) mass is 521 g/mol. The minimum absolute atomic E-state index is 0.0108. The number of amides is 1. The van der Waals surface area contributed by atoms with Gasteiger partial charge in [-0.05, 0) is 55.5 Å². The number of ketones is 1. The third kappa shape index (κ3) is 5.24. The highest BCUT2D eigenvalue weighted by molar-refractivity contribution is 6.46. The molecule has 1 N–H and O–H groups in total. The van der Waals surface area contributed by atoms with E-state index in [2.05, 4.69) is 18.8 Å². The molecule has 2 aromatic heterocycles. The van der Waals surface area contributed by atoms with E-state index >= 15 is 0 Å². The second-order valence-electron chi connectivity index (χ2n) is 9.75. The van der Waals surface area contributed by atoms with Crippen LogP contribution < -0.4 is 9.47 Å². The Labute approximate surface area is 222 Å². The summed E-state index contributed by atoms with van der Waals surface area (Å²) in [6.45, 7) is 7.26. The molecule has 9 nitrogen and oxygen atoms in total. The molecule has 0 radical (unpaired) electrons. The summed E-state index contributed by atoms with van der Waals surface area (Å²) in [5, 5.41) is 11.6. The molecule has 0 bridgehead atoms. The normalized spacial score (nSPS) is 17.1. The maximum Gasteiger partial charge on any atom is 0.295 e. The van der Waals surface area contributed by atoms with Gasteiger partial charge in [-0.1, -0.05) is 26.0 Å². The van der Waals surface area contributed by atoms with Gasteiger partial charge in [0.25, 0.3) is 11.7 Å². The number of ether oxygens (including phenoxy) is 3. The number of hydrogen-bond donors (Lipinski definition) is 1. The molecule has 0 saturated carbocycles. The van der Waals surface area contributed by atoms with E-state index in [4.69, 9.17) is 14.2 Å². The summed E-state index contributed by atoms with van der Waals surface area (Å²) in [6.07, 6.45) is 3.19. The molecular weight excluding hydrogens is 486 g/mol. The number of aromatic nitrogens is 2. The van der Waals surface area contributed by atoms with Gasteiger partial charge in [-0.3, -0.25) is 14.0 Å². The summed E-state index contributed by atoms with van der Waals surface area (Å²) in [5.74, 6) is -0.127. The molecule has 1 unspecified atom stereocenters. The zero-order chi connectivity index (χ0) is 27.4. The number of aliphatic hydroxyl groups excluding tert-OH is 1. The molecule has 9 heteroatoms. The Morgan fingerprint density at radius 1 is 1.11 bits per heavy atom. The Kier molecular flexibility index (Phi) is 8.36. The lowest BCUT2D eigenvalue weighted by molar-refractivity contribution is -0.140. The largest absolute Gasteiger partial charge is 0.505 e. The Hall–Kier alpha value is -3.85. The summed E-state index contributed by atoms with van der Waals surface area (Å²) in [7, 11) is 3.13. The predicted octanol–water partition coefficient (Wildman–Crippen LogP) is 4.53. The number of carbonyl (C=O) groups excluding carboxylic acids is 2. The molecular formula is C29H35N3O6. The minimum Gasteiger partial charge on any atom is -0.505 e. The Morgan fingerprint density at radius 2 is 1.89 bits per heavy atom. The first-order valence-corrected chi connectivity index (χ1v) is 12.8. The number of rotatable bonds is 11. The minimum atomic E-state index is -0.820. The van der Waals surface area contributed by atoms with Crippen LogP contribution in [-0.2, 0) is 14.3 Å². The number of aliphatic hydroxyl groups is 1. The van der Waals surface area contributed by atoms with Crippen LogP contribution in [0, 0.1) is 12.8 Å². The van der Waals surface area contributed by atoms with E-state index in [1.165, 1.54) is 4.90 Å². The molecule has 38 heavy (non-hydrogen) atoms. The van der Waals surface area contributed by atoms with E-state index in [-0.39, 0.29) is 17.9 Å². The van der Waals surface area contributed by atoms with Gasteiger partial charge in [-0.15, -0.1) is 0 Å². The zero-order valence-corrected chi connectivity index (χ0v) is 22.6. The third-order valence-electron chi connectivity index (χ3n) is 6.67. The van der Waals surface area contributed by atoms with E-state index in [1.807, 2.05) is 24.3 Å². The number of carbonyl (C=O) groups is 2. The fourth-order valence-corrected chi connectivity index (χ4v) is 4.74. The molecule has 1 saturated heterocycles. The van der Waals surface area contributed by atoms with Crippen LogP contribution in [0.3, 0.4) is 0 Å². The molecule has 1 fully saturated rings. The van der Waals surface area contributed by atoms with Gasteiger partial charge in [-0.25, -0.2) is 4.98 Å². The molecule has 1 atom stereocenters. The fraction of sp³-hybridized carbons (Fsp3) is 0.414. The number of nitrogens with zero attached hydrogens (tertiary/aromatic N) is 3. The quantitative estimate of drug-likeness (QED) is 0.171. The van der Waals surface area contributed by atoms with Crippen LogP contribution in [0.25, 0.3) is 11.4 Å². The fourth-order valence-electron chi connectivity index (χ4n) is 4.74. The SMILES string of the molecule is COCCCN1C(=O)C(=O)C(=C(O)c2c(C)nc3ccccn23)C1c1ccc(OCCC(C)C)c(OC)c1. The molecule has 4 rings (SSSR count). The average molecular weight is 522 g/mol. The highest BCUT2D eigenvalue weighted by atomic mass is 16.5. The number of methoxy groups -OCH3 is 2. The third-order valence-corrected chi connectivity index (χ3v) is 6.67. The predicted molar refractivity (Wildman–Crippen MR) is 143 cm³/mol. The highest BCUT2D eigenvalue weighted by Gasteiger charge is 2.46. The van der Waals surface area contributed by atoms with E-state index in [9.17, 15) is 14.7 Å². The lowest BCUT2D eigenvalue weighted by atomic mass is 9.95. The lowest BCUT2D eigenvalue weighted by Gasteiger charge is -2.26. The van der Waals surface area contributed by atoms with Crippen LogP contribution >= 0.6 is 0 Å². The van der Waals surface area contributed by atoms with Crippen LogP contribution in [0.4, 0.5) is 0 Å². The molecule has 1 amide bonds. The van der Waals surface area contributed by atoms with Gasteiger partial charge < -0.3 is 24.2 Å². The van der Waals surface area contributed by atoms with Gasteiger partial charge in [0.2, 0.25) is 0 Å². The van der Waals surface area contributed by atoms with Crippen LogP contribution in [0.1, 0.15) is 49.7 Å². The van der Waals surface area contributed by atoms with Crippen molar-refractivity contribution < 1.29 is 28.9 Å². The summed E-state index contributed by atoms with van der Waals surface area (Å²) >= 11 is 0. The van der Waals surface area contributed by atoms with Gasteiger partial charge in [0.15, 0.2) is 17.3 Å². The number of pyridine rings is 1. The second-order valence-corrected chi connectivity index (χ2v) is 9.75. The summed E-state index contributed by atoms with van der Waals surface area (Å²) < 4.78 is 18.4.